The Morgan fingerprint density at radius 2 is 1.59 bits per heavy atom. The van der Waals surface area contributed by atoms with E-state index in [1.165, 1.54) is 33.5 Å². The van der Waals surface area contributed by atoms with Crippen LogP contribution in [-0.2, 0) is 11.2 Å². The molecule has 0 amide bonds. The van der Waals surface area contributed by atoms with Crippen LogP contribution in [0.5, 0.6) is 23.0 Å². The fourth-order valence-electron chi connectivity index (χ4n) is 5.41. The minimum atomic E-state index is -1.57. The maximum atomic E-state index is 14.7. The summed E-state index contributed by atoms with van der Waals surface area (Å²) in [5.74, 6) is -1.88. The second-order valence-electron chi connectivity index (χ2n) is 10.3. The summed E-state index contributed by atoms with van der Waals surface area (Å²) in [6, 6.07) is 10.3. The standard InChI is InChI=1S/C32H31FN2O7S.Na/c1-17-11-20(16-24-29(17)35-43-34-24)28(32(37)38)22(30(36)19-9-10-25(39-2)23(33)15-19)12-18-13-26(40-3)31(27(14-18)41-4)42-21-7-5-6-8-21;/h9-11,13-16,21H,5-8,12H2,1-4H3,(H,37,38);/q;+1/p-1/b28-22+;. The Labute approximate surface area is 280 Å². The van der Waals surface area contributed by atoms with Gasteiger partial charge in [-0.1, -0.05) is 0 Å². The van der Waals surface area contributed by atoms with Gasteiger partial charge in [0.25, 0.3) is 0 Å². The van der Waals surface area contributed by atoms with Crippen molar-refractivity contribution in [1.82, 2.24) is 8.75 Å². The van der Waals surface area contributed by atoms with Crippen LogP contribution in [0.3, 0.4) is 0 Å². The van der Waals surface area contributed by atoms with Gasteiger partial charge in [0.2, 0.25) is 5.75 Å². The summed E-state index contributed by atoms with van der Waals surface area (Å²) in [7, 11) is 4.30. The molecule has 1 aliphatic carbocycles. The number of hydrogen-bond acceptors (Lipinski definition) is 10. The van der Waals surface area contributed by atoms with Crippen LogP contribution < -0.4 is 53.6 Å². The van der Waals surface area contributed by atoms with E-state index < -0.39 is 17.6 Å². The van der Waals surface area contributed by atoms with Crippen molar-refractivity contribution in [2.75, 3.05) is 21.3 Å². The van der Waals surface area contributed by atoms with Gasteiger partial charge in [-0.3, -0.25) is 4.79 Å². The number of carbonyl (C=O) groups is 2. The Kier molecular flexibility index (Phi) is 11.0. The SMILES string of the molecule is COc1ccc(C(=O)/C(Cc2cc(OC)c(OC3CCCC3)c(OC)c2)=C(/C(=O)[O-])c2cc(C)c3nsnc3c2)cc1F.[Na+]. The number of ether oxygens (including phenoxy) is 4. The predicted molar refractivity (Wildman–Crippen MR) is 157 cm³/mol. The number of carboxylic acid groups (broad SMARTS) is 1. The van der Waals surface area contributed by atoms with Crippen LogP contribution in [0, 0.1) is 12.7 Å². The molecule has 1 aromatic heterocycles. The fraction of sp³-hybridized carbons (Fsp3) is 0.312. The fourth-order valence-corrected chi connectivity index (χ4v) is 5.99. The topological polar surface area (TPSA) is 120 Å². The molecule has 0 radical (unpaired) electrons. The van der Waals surface area contributed by atoms with Crippen molar-refractivity contribution in [2.45, 2.75) is 45.1 Å². The monoisotopic (exact) mass is 628 g/mol. The molecule has 0 saturated heterocycles. The van der Waals surface area contributed by atoms with Crippen molar-refractivity contribution < 1.29 is 67.6 Å². The van der Waals surface area contributed by atoms with E-state index in [0.717, 1.165) is 43.5 Å². The first-order chi connectivity index (χ1) is 20.7. The number of Topliss-reactive ketones (excluding diaryl/α,β-unsaturated/α-hetero) is 1. The molecule has 4 aromatic rings. The maximum absolute atomic E-state index is 14.7. The average Bonchev–Trinajstić information content (AvgIpc) is 3.69. The maximum Gasteiger partial charge on any atom is 1.00 e. The van der Waals surface area contributed by atoms with E-state index in [9.17, 15) is 19.1 Å². The number of halogens is 1. The normalized spacial score (nSPS) is 13.7. The van der Waals surface area contributed by atoms with E-state index in [1.807, 2.05) is 0 Å². The van der Waals surface area contributed by atoms with Crippen molar-refractivity contribution in [3.8, 4) is 23.0 Å². The minimum absolute atomic E-state index is 0. The molecule has 1 aliphatic rings. The molecular formula is C32H30FN2NaO7S. The Bertz CT molecular complexity index is 1710. The molecule has 0 bridgehead atoms. The quantitative estimate of drug-likeness (QED) is 0.140. The molecule has 3 aromatic carbocycles. The summed E-state index contributed by atoms with van der Waals surface area (Å²) >= 11 is 0.996. The van der Waals surface area contributed by atoms with Crippen LogP contribution in [0.25, 0.3) is 16.6 Å². The van der Waals surface area contributed by atoms with Gasteiger partial charge in [-0.05, 0) is 91.8 Å². The van der Waals surface area contributed by atoms with E-state index in [2.05, 4.69) is 8.75 Å². The molecule has 5 rings (SSSR count). The van der Waals surface area contributed by atoms with Gasteiger partial charge in [-0.25, -0.2) is 4.39 Å². The van der Waals surface area contributed by atoms with Crippen molar-refractivity contribution in [2.24, 2.45) is 0 Å². The van der Waals surface area contributed by atoms with Gasteiger partial charge in [0.05, 0.1) is 45.1 Å². The van der Waals surface area contributed by atoms with Crippen LogP contribution in [0.15, 0.2) is 48.0 Å². The van der Waals surface area contributed by atoms with Crippen LogP contribution in [0.2, 0.25) is 0 Å². The van der Waals surface area contributed by atoms with Crippen molar-refractivity contribution in [1.29, 1.82) is 0 Å². The number of aliphatic carboxylic acids is 1. The number of benzene rings is 3. The number of aromatic nitrogens is 2. The molecule has 0 unspecified atom stereocenters. The zero-order valence-corrected chi connectivity index (χ0v) is 28.0. The Balaban J connectivity index is 0.00000442. The third-order valence-corrected chi connectivity index (χ3v) is 8.06. The van der Waals surface area contributed by atoms with Crippen LogP contribution >= 0.6 is 11.7 Å². The van der Waals surface area contributed by atoms with Crippen molar-refractivity contribution in [3.05, 3.63) is 76.1 Å². The van der Waals surface area contributed by atoms with Crippen molar-refractivity contribution >= 4 is 40.1 Å². The summed E-state index contributed by atoms with van der Waals surface area (Å²) in [6.45, 7) is 1.78. The van der Waals surface area contributed by atoms with Gasteiger partial charge in [-0.15, -0.1) is 0 Å². The van der Waals surface area contributed by atoms with E-state index in [-0.39, 0.29) is 70.1 Å². The third-order valence-electron chi connectivity index (χ3n) is 7.52. The van der Waals surface area contributed by atoms with Gasteiger partial charge >= 0.3 is 29.6 Å². The van der Waals surface area contributed by atoms with E-state index in [0.29, 0.717) is 39.4 Å². The number of rotatable bonds is 11. The first kappa shape index (κ1) is 33.4. The average molecular weight is 629 g/mol. The first-order valence-corrected chi connectivity index (χ1v) is 14.4. The van der Waals surface area contributed by atoms with Gasteiger partial charge in [0, 0.05) is 23.1 Å². The minimum Gasteiger partial charge on any atom is -0.545 e. The summed E-state index contributed by atoms with van der Waals surface area (Å²) in [5, 5.41) is 12.8. The molecule has 0 N–H and O–H groups in total. The molecule has 1 heterocycles. The van der Waals surface area contributed by atoms with Gasteiger partial charge in [-0.2, -0.15) is 8.75 Å². The Morgan fingerprint density at radius 3 is 2.18 bits per heavy atom. The van der Waals surface area contributed by atoms with Crippen molar-refractivity contribution in [3.63, 3.8) is 0 Å². The molecule has 12 heteroatoms. The van der Waals surface area contributed by atoms with E-state index in [4.69, 9.17) is 18.9 Å². The Morgan fingerprint density at radius 1 is 0.932 bits per heavy atom. The van der Waals surface area contributed by atoms with Crippen LogP contribution in [0.4, 0.5) is 4.39 Å². The number of nitrogens with zero attached hydrogens (tertiary/aromatic N) is 2. The number of fused-ring (bicyclic) bond motifs is 1. The molecule has 1 saturated carbocycles. The molecule has 0 atom stereocenters. The summed E-state index contributed by atoms with van der Waals surface area (Å²) in [6.07, 6.45) is 3.84. The number of hydrogen-bond donors (Lipinski definition) is 0. The van der Waals surface area contributed by atoms with Gasteiger partial charge < -0.3 is 28.8 Å². The summed E-state index contributed by atoms with van der Waals surface area (Å²) in [4.78, 5) is 26.9. The number of aryl methyl sites for hydroxylation is 1. The number of carboxylic acids is 1. The largest absolute Gasteiger partial charge is 1.00 e. The van der Waals surface area contributed by atoms with E-state index >= 15 is 0 Å². The zero-order chi connectivity index (χ0) is 30.7. The molecule has 9 nitrogen and oxygen atoms in total. The van der Waals surface area contributed by atoms with E-state index in [1.54, 1.807) is 31.2 Å². The van der Waals surface area contributed by atoms with Gasteiger partial charge in [0.1, 0.15) is 11.0 Å². The number of carbonyl (C=O) groups excluding carboxylic acids is 2. The molecular weight excluding hydrogens is 598 g/mol. The van der Waals surface area contributed by atoms with Crippen LogP contribution in [0.1, 0.15) is 52.7 Å². The predicted octanol–water partition coefficient (Wildman–Crippen LogP) is 2.12. The summed E-state index contributed by atoms with van der Waals surface area (Å²) < 4.78 is 45.7. The molecule has 0 aliphatic heterocycles. The molecule has 1 fully saturated rings. The third kappa shape index (κ3) is 6.91. The smallest absolute Gasteiger partial charge is 0.545 e. The molecule has 44 heavy (non-hydrogen) atoms. The number of ketones is 1. The number of methoxy groups -OCH3 is 3. The van der Waals surface area contributed by atoms with Crippen LogP contribution in [-0.4, -0.2) is 47.9 Å². The first-order valence-electron chi connectivity index (χ1n) is 13.7. The van der Waals surface area contributed by atoms with Gasteiger partial charge in [0.15, 0.2) is 28.8 Å². The molecule has 0 spiro atoms. The summed E-state index contributed by atoms with van der Waals surface area (Å²) in [5.41, 5.74) is 2.00. The number of allylic oxidation sites excluding steroid dienone is 1. The second kappa shape index (κ2) is 14.5. The Hall–Kier alpha value is -3.51. The second-order valence-corrected chi connectivity index (χ2v) is 10.8. The molecule has 224 valence electrons. The zero-order valence-electron chi connectivity index (χ0n) is 25.2.